The quantitative estimate of drug-likeness (QED) is 0.240. The summed E-state index contributed by atoms with van der Waals surface area (Å²) in [6.45, 7) is 11.8. The molecule has 220 valence electrons. The number of hydrogen-bond donors (Lipinski definition) is 0. The van der Waals surface area contributed by atoms with Crippen LogP contribution < -0.4 is 0 Å². The van der Waals surface area contributed by atoms with E-state index in [2.05, 4.69) is 144 Å². The van der Waals surface area contributed by atoms with Gasteiger partial charge in [0, 0.05) is 32.6 Å². The molecule has 4 aromatic carbocycles. The van der Waals surface area contributed by atoms with E-state index in [1.165, 1.54) is 44.5 Å². The van der Waals surface area contributed by atoms with Crippen LogP contribution in [0.1, 0.15) is 50.9 Å². The number of ketones is 1. The van der Waals surface area contributed by atoms with E-state index in [0.717, 1.165) is 32.6 Å². The van der Waals surface area contributed by atoms with Crippen molar-refractivity contribution in [1.82, 2.24) is 19.6 Å². The van der Waals surface area contributed by atoms with Crippen LogP contribution in [0, 0.1) is 27.7 Å². The van der Waals surface area contributed by atoms with Gasteiger partial charge in [-0.25, -0.2) is 0 Å². The van der Waals surface area contributed by atoms with E-state index in [1.807, 2.05) is 0 Å². The Morgan fingerprint density at radius 3 is 0.977 bits per heavy atom. The number of nitrogens with zero attached hydrogens (tertiary/aromatic N) is 4. The fourth-order valence-electron chi connectivity index (χ4n) is 7.64. The molecular weight excluding hydrogens is 528 g/mol. The zero-order chi connectivity index (χ0) is 29.7. The predicted octanol–water partition coefficient (Wildman–Crippen LogP) is 6.53. The van der Waals surface area contributed by atoms with E-state index in [0.29, 0.717) is 5.78 Å². The highest BCUT2D eigenvalue weighted by Gasteiger charge is 2.62. The summed E-state index contributed by atoms with van der Waals surface area (Å²) in [5.74, 6) is 0.302. The molecule has 0 N–H and O–H groups in total. The normalized spacial score (nSPS) is 24.2. The molecule has 4 aromatic rings. The van der Waals surface area contributed by atoms with Gasteiger partial charge >= 0.3 is 0 Å². The molecule has 4 bridgehead atoms. The average Bonchev–Trinajstić information content (AvgIpc) is 3.00. The number of aryl methyl sites for hydroxylation is 4. The number of Topliss-reactive ketones (excluding diaryl/α,β-unsaturated/α-hetero) is 1. The van der Waals surface area contributed by atoms with Crippen LogP contribution in [0.25, 0.3) is 0 Å². The van der Waals surface area contributed by atoms with E-state index < -0.39 is 0 Å². The molecule has 0 amide bonds. The van der Waals surface area contributed by atoms with E-state index in [9.17, 15) is 4.79 Å². The van der Waals surface area contributed by atoms with E-state index in [1.54, 1.807) is 0 Å². The van der Waals surface area contributed by atoms with Gasteiger partial charge in [-0.15, -0.1) is 0 Å². The molecule has 4 aliphatic heterocycles. The first-order valence-corrected chi connectivity index (χ1v) is 15.7. The van der Waals surface area contributed by atoms with Gasteiger partial charge in [-0.1, -0.05) is 97.1 Å². The molecule has 8 rings (SSSR count). The SMILES string of the molecule is Cc1ccccc1CN1C2CC3N(Cc4ccccc4C)C1C(=O)C(N2Cc1ccccc1C)N3Cc1ccccc1C. The number of carbonyl (C=O) groups excluding carboxylic acids is 1. The number of hydrogen-bond acceptors (Lipinski definition) is 5. The molecule has 0 spiro atoms. The standard InChI is InChI=1S/C38H42N4O/c1-26-13-5-9-17-30(26)22-39-34-21-35-41(24-32-19-11-7-15-28(32)3)37(39)36(43)38(40(34)23-31-18-10-6-14-27(31)2)42(35)25-33-20-12-8-16-29(33)4/h5-20,34-35,37-38H,21-25H2,1-4H3. The summed E-state index contributed by atoms with van der Waals surface area (Å²) in [5.41, 5.74) is 10.3. The molecule has 0 aromatic heterocycles. The third kappa shape index (κ3) is 5.04. The summed E-state index contributed by atoms with van der Waals surface area (Å²) >= 11 is 0. The van der Waals surface area contributed by atoms with Gasteiger partial charge in [-0.2, -0.15) is 0 Å². The Labute approximate surface area is 256 Å². The predicted molar refractivity (Wildman–Crippen MR) is 172 cm³/mol. The number of benzene rings is 4. The Morgan fingerprint density at radius 1 is 0.465 bits per heavy atom. The topological polar surface area (TPSA) is 30.0 Å². The lowest BCUT2D eigenvalue weighted by molar-refractivity contribution is -0.269. The molecule has 0 aliphatic carbocycles. The Bertz CT molecular complexity index is 1420. The van der Waals surface area contributed by atoms with E-state index in [4.69, 9.17) is 0 Å². The van der Waals surface area contributed by atoms with Crippen molar-refractivity contribution < 1.29 is 4.79 Å². The van der Waals surface area contributed by atoms with Crippen molar-refractivity contribution in [2.24, 2.45) is 0 Å². The van der Waals surface area contributed by atoms with Gasteiger partial charge in [0.2, 0.25) is 0 Å². The Hall–Kier alpha value is -3.61. The molecular formula is C38H42N4O. The van der Waals surface area contributed by atoms with E-state index >= 15 is 0 Å². The highest BCUT2D eigenvalue weighted by atomic mass is 16.1. The Kier molecular flexibility index (Phi) is 7.52. The lowest BCUT2D eigenvalue weighted by Gasteiger charge is -2.68. The summed E-state index contributed by atoms with van der Waals surface area (Å²) in [6.07, 6.45) is 0.815. The van der Waals surface area contributed by atoms with E-state index in [-0.39, 0.29) is 24.7 Å². The molecule has 0 atom stereocenters. The Balaban J connectivity index is 1.33. The van der Waals surface area contributed by atoms with Gasteiger partial charge in [0.1, 0.15) is 12.3 Å². The second-order valence-electron chi connectivity index (χ2n) is 12.7. The van der Waals surface area contributed by atoms with Crippen LogP contribution in [0.4, 0.5) is 0 Å². The molecule has 0 saturated carbocycles. The maximum Gasteiger partial charge on any atom is 0.196 e. The van der Waals surface area contributed by atoms with Crippen LogP contribution in [-0.2, 0) is 31.0 Å². The molecule has 5 nitrogen and oxygen atoms in total. The first-order valence-electron chi connectivity index (χ1n) is 15.7. The second-order valence-corrected chi connectivity index (χ2v) is 12.7. The van der Waals surface area contributed by atoms with Crippen molar-refractivity contribution in [3.05, 3.63) is 142 Å². The minimum absolute atomic E-state index is 0.179. The van der Waals surface area contributed by atoms with Crippen molar-refractivity contribution in [3.8, 4) is 0 Å². The lowest BCUT2D eigenvalue weighted by atomic mass is 9.87. The second kappa shape index (κ2) is 11.5. The highest BCUT2D eigenvalue weighted by Crippen LogP contribution is 2.46. The molecule has 0 unspecified atom stereocenters. The minimum Gasteiger partial charge on any atom is -0.293 e. The first kappa shape index (κ1) is 28.2. The van der Waals surface area contributed by atoms with Crippen molar-refractivity contribution in [1.29, 1.82) is 0 Å². The smallest absolute Gasteiger partial charge is 0.196 e. The number of rotatable bonds is 8. The third-order valence-electron chi connectivity index (χ3n) is 10.2. The summed E-state index contributed by atoms with van der Waals surface area (Å²) in [6, 6.07) is 34.6. The fourth-order valence-corrected chi connectivity index (χ4v) is 7.64. The van der Waals surface area contributed by atoms with Gasteiger partial charge in [0.05, 0.1) is 12.3 Å². The van der Waals surface area contributed by atoms with Crippen LogP contribution in [0.5, 0.6) is 0 Å². The van der Waals surface area contributed by atoms with Crippen molar-refractivity contribution >= 4 is 5.78 Å². The van der Waals surface area contributed by atoms with Crippen molar-refractivity contribution in [3.63, 3.8) is 0 Å². The maximum atomic E-state index is 14.9. The monoisotopic (exact) mass is 570 g/mol. The molecule has 0 radical (unpaired) electrons. The van der Waals surface area contributed by atoms with Gasteiger partial charge in [-0.05, 0) is 72.2 Å². The zero-order valence-corrected chi connectivity index (χ0v) is 25.8. The first-order chi connectivity index (χ1) is 20.9. The molecule has 4 saturated heterocycles. The molecule has 43 heavy (non-hydrogen) atoms. The van der Waals surface area contributed by atoms with Crippen molar-refractivity contribution in [2.45, 2.75) is 85.0 Å². The summed E-state index contributed by atoms with van der Waals surface area (Å²) in [7, 11) is 0. The molecule has 4 aliphatic rings. The third-order valence-corrected chi connectivity index (χ3v) is 10.2. The fraction of sp³-hybridized carbons (Fsp3) is 0.342. The van der Waals surface area contributed by atoms with Crippen LogP contribution in [0.15, 0.2) is 97.1 Å². The Morgan fingerprint density at radius 2 is 0.721 bits per heavy atom. The maximum absolute atomic E-state index is 14.9. The van der Waals surface area contributed by atoms with Crippen LogP contribution in [-0.4, -0.2) is 50.0 Å². The summed E-state index contributed by atoms with van der Waals surface area (Å²) in [4.78, 5) is 25.0. The summed E-state index contributed by atoms with van der Waals surface area (Å²) in [5, 5.41) is 0. The van der Waals surface area contributed by atoms with Gasteiger partial charge in [0.15, 0.2) is 5.78 Å². The summed E-state index contributed by atoms with van der Waals surface area (Å²) < 4.78 is 0. The average molecular weight is 571 g/mol. The van der Waals surface area contributed by atoms with Crippen molar-refractivity contribution in [2.75, 3.05) is 0 Å². The minimum atomic E-state index is -0.255. The number of carbonyl (C=O) groups is 1. The molecule has 4 heterocycles. The van der Waals surface area contributed by atoms with Crippen LogP contribution >= 0.6 is 0 Å². The highest BCUT2D eigenvalue weighted by molar-refractivity contribution is 5.90. The lowest BCUT2D eigenvalue weighted by Crippen LogP contribution is -2.85. The molecule has 4 fully saturated rings. The van der Waals surface area contributed by atoms with Gasteiger partial charge in [0.25, 0.3) is 0 Å². The van der Waals surface area contributed by atoms with Gasteiger partial charge < -0.3 is 0 Å². The van der Waals surface area contributed by atoms with Crippen LogP contribution in [0.3, 0.4) is 0 Å². The molecule has 5 heteroatoms. The zero-order valence-electron chi connectivity index (χ0n) is 25.8. The largest absolute Gasteiger partial charge is 0.293 e. The van der Waals surface area contributed by atoms with Gasteiger partial charge in [-0.3, -0.25) is 24.4 Å². The van der Waals surface area contributed by atoms with Crippen LogP contribution in [0.2, 0.25) is 0 Å².